The van der Waals surface area contributed by atoms with Gasteiger partial charge in [0.15, 0.2) is 0 Å². The topological polar surface area (TPSA) is 21.3 Å². The number of fused-ring (bicyclic) bond motifs is 1. The van der Waals surface area contributed by atoms with E-state index in [1.54, 1.807) is 7.11 Å². The standard InChI is InChI=1S/C13H19NOS/c1-15-8-7-14-13-10-16-9-6-11-4-2-3-5-12(11)13/h2-5,13-14H,6-10H2,1H3. The van der Waals surface area contributed by atoms with Crippen LogP contribution in [0.1, 0.15) is 17.2 Å². The minimum absolute atomic E-state index is 0.485. The van der Waals surface area contributed by atoms with Crippen molar-refractivity contribution in [3.8, 4) is 0 Å². The highest BCUT2D eigenvalue weighted by atomic mass is 32.2. The summed E-state index contributed by atoms with van der Waals surface area (Å²) in [5.74, 6) is 2.40. The molecule has 0 aromatic heterocycles. The molecule has 0 spiro atoms. The Hall–Kier alpha value is -0.510. The third-order valence-corrected chi connectivity index (χ3v) is 3.99. The van der Waals surface area contributed by atoms with Crippen LogP contribution >= 0.6 is 11.8 Å². The molecule has 1 N–H and O–H groups in total. The van der Waals surface area contributed by atoms with Crippen molar-refractivity contribution in [1.82, 2.24) is 5.32 Å². The molecule has 1 aromatic carbocycles. The van der Waals surface area contributed by atoms with Crippen LogP contribution in [-0.4, -0.2) is 31.8 Å². The molecule has 1 aliphatic rings. The number of methoxy groups -OCH3 is 1. The first-order valence-electron chi connectivity index (χ1n) is 5.79. The summed E-state index contributed by atoms with van der Waals surface area (Å²) in [4.78, 5) is 0. The number of benzene rings is 1. The number of thioether (sulfide) groups is 1. The normalized spacial score (nSPS) is 20.2. The summed E-state index contributed by atoms with van der Waals surface area (Å²) in [5.41, 5.74) is 2.98. The summed E-state index contributed by atoms with van der Waals surface area (Å²) < 4.78 is 5.08. The monoisotopic (exact) mass is 237 g/mol. The van der Waals surface area contributed by atoms with Crippen molar-refractivity contribution < 1.29 is 4.74 Å². The van der Waals surface area contributed by atoms with Gasteiger partial charge in [-0.2, -0.15) is 11.8 Å². The molecule has 1 atom stereocenters. The minimum Gasteiger partial charge on any atom is -0.383 e. The fourth-order valence-corrected chi connectivity index (χ4v) is 3.14. The average Bonchev–Trinajstić information content (AvgIpc) is 2.52. The molecule has 3 heteroatoms. The second kappa shape index (κ2) is 6.28. The van der Waals surface area contributed by atoms with E-state index in [0.29, 0.717) is 6.04 Å². The summed E-state index contributed by atoms with van der Waals surface area (Å²) in [5, 5.41) is 3.57. The Morgan fingerprint density at radius 2 is 2.31 bits per heavy atom. The van der Waals surface area contributed by atoms with E-state index in [-0.39, 0.29) is 0 Å². The zero-order valence-corrected chi connectivity index (χ0v) is 10.6. The Morgan fingerprint density at radius 3 is 3.19 bits per heavy atom. The van der Waals surface area contributed by atoms with Gasteiger partial charge in [0.1, 0.15) is 0 Å². The number of hydrogen-bond acceptors (Lipinski definition) is 3. The molecule has 0 saturated carbocycles. The predicted octanol–water partition coefficient (Wildman–Crippen LogP) is 2.25. The highest BCUT2D eigenvalue weighted by molar-refractivity contribution is 7.99. The first kappa shape index (κ1) is 12.0. The Balaban J connectivity index is 2.06. The van der Waals surface area contributed by atoms with Crippen molar-refractivity contribution in [3.05, 3.63) is 35.4 Å². The molecule has 1 heterocycles. The number of nitrogens with one attached hydrogen (secondary N) is 1. The molecular weight excluding hydrogens is 218 g/mol. The molecule has 2 rings (SSSR count). The zero-order chi connectivity index (χ0) is 11.2. The molecule has 1 unspecified atom stereocenters. The summed E-state index contributed by atoms with van der Waals surface area (Å²) in [6.45, 7) is 1.71. The summed E-state index contributed by atoms with van der Waals surface area (Å²) in [7, 11) is 1.75. The molecule has 1 aliphatic heterocycles. The molecule has 1 aromatic rings. The summed E-state index contributed by atoms with van der Waals surface area (Å²) in [6.07, 6.45) is 1.20. The quantitative estimate of drug-likeness (QED) is 0.812. The number of ether oxygens (including phenoxy) is 1. The Labute approximate surface area is 102 Å². The third kappa shape index (κ3) is 3.00. The molecular formula is C13H19NOS. The highest BCUT2D eigenvalue weighted by Crippen LogP contribution is 2.27. The van der Waals surface area contributed by atoms with Gasteiger partial charge in [0.05, 0.1) is 6.61 Å². The lowest BCUT2D eigenvalue weighted by atomic mass is 10.00. The average molecular weight is 237 g/mol. The van der Waals surface area contributed by atoms with Crippen molar-refractivity contribution >= 4 is 11.8 Å². The van der Waals surface area contributed by atoms with Crippen LogP contribution in [-0.2, 0) is 11.2 Å². The lowest BCUT2D eigenvalue weighted by molar-refractivity contribution is 0.196. The van der Waals surface area contributed by atoms with Crippen LogP contribution in [0.25, 0.3) is 0 Å². The van der Waals surface area contributed by atoms with Gasteiger partial charge in [0.25, 0.3) is 0 Å². The SMILES string of the molecule is COCCNC1CSCCc2ccccc21. The second-order valence-electron chi connectivity index (χ2n) is 4.02. The van der Waals surface area contributed by atoms with E-state index in [1.165, 1.54) is 29.1 Å². The fourth-order valence-electron chi connectivity index (χ4n) is 2.08. The van der Waals surface area contributed by atoms with E-state index in [9.17, 15) is 0 Å². The van der Waals surface area contributed by atoms with E-state index in [2.05, 4.69) is 29.6 Å². The second-order valence-corrected chi connectivity index (χ2v) is 5.17. The molecule has 0 fully saturated rings. The molecule has 0 aliphatic carbocycles. The van der Waals surface area contributed by atoms with Gasteiger partial charge < -0.3 is 10.1 Å². The number of hydrogen-bond donors (Lipinski definition) is 1. The van der Waals surface area contributed by atoms with Gasteiger partial charge in [-0.3, -0.25) is 0 Å². The molecule has 0 amide bonds. The van der Waals surface area contributed by atoms with E-state index in [1.807, 2.05) is 11.8 Å². The van der Waals surface area contributed by atoms with E-state index in [4.69, 9.17) is 4.74 Å². The molecule has 2 nitrogen and oxygen atoms in total. The Morgan fingerprint density at radius 1 is 1.44 bits per heavy atom. The highest BCUT2D eigenvalue weighted by Gasteiger charge is 2.17. The minimum atomic E-state index is 0.485. The molecule has 0 radical (unpaired) electrons. The van der Waals surface area contributed by atoms with Crippen LogP contribution in [0.15, 0.2) is 24.3 Å². The number of aryl methyl sites for hydroxylation is 1. The maximum absolute atomic E-state index is 5.08. The van der Waals surface area contributed by atoms with Crippen molar-refractivity contribution in [1.29, 1.82) is 0 Å². The van der Waals surface area contributed by atoms with E-state index in [0.717, 1.165) is 13.2 Å². The van der Waals surface area contributed by atoms with Gasteiger partial charge in [0, 0.05) is 25.4 Å². The van der Waals surface area contributed by atoms with Gasteiger partial charge in [-0.05, 0) is 23.3 Å². The van der Waals surface area contributed by atoms with Crippen LogP contribution in [0.4, 0.5) is 0 Å². The van der Waals surface area contributed by atoms with E-state index < -0.39 is 0 Å². The zero-order valence-electron chi connectivity index (χ0n) is 9.74. The van der Waals surface area contributed by atoms with Gasteiger partial charge in [-0.25, -0.2) is 0 Å². The van der Waals surface area contributed by atoms with Gasteiger partial charge in [-0.1, -0.05) is 24.3 Å². The maximum Gasteiger partial charge on any atom is 0.0587 e. The van der Waals surface area contributed by atoms with Crippen molar-refractivity contribution in [2.45, 2.75) is 12.5 Å². The van der Waals surface area contributed by atoms with Crippen molar-refractivity contribution in [3.63, 3.8) is 0 Å². The molecule has 16 heavy (non-hydrogen) atoms. The Bertz CT molecular complexity index is 329. The van der Waals surface area contributed by atoms with E-state index >= 15 is 0 Å². The fraction of sp³-hybridized carbons (Fsp3) is 0.538. The van der Waals surface area contributed by atoms with Crippen molar-refractivity contribution in [2.24, 2.45) is 0 Å². The van der Waals surface area contributed by atoms with Crippen LogP contribution < -0.4 is 5.32 Å². The van der Waals surface area contributed by atoms with Crippen LogP contribution in [0.2, 0.25) is 0 Å². The molecule has 88 valence electrons. The molecule has 0 bridgehead atoms. The largest absolute Gasteiger partial charge is 0.383 e. The molecule has 0 saturated heterocycles. The summed E-state index contributed by atoms with van der Waals surface area (Å²) in [6, 6.07) is 9.28. The van der Waals surface area contributed by atoms with Crippen LogP contribution in [0.3, 0.4) is 0 Å². The van der Waals surface area contributed by atoms with Gasteiger partial charge >= 0.3 is 0 Å². The first-order chi connectivity index (χ1) is 7.92. The summed E-state index contributed by atoms with van der Waals surface area (Å²) >= 11 is 2.04. The van der Waals surface area contributed by atoms with Crippen molar-refractivity contribution in [2.75, 3.05) is 31.8 Å². The predicted molar refractivity (Wildman–Crippen MR) is 70.1 cm³/mol. The van der Waals surface area contributed by atoms with Crippen LogP contribution in [0, 0.1) is 0 Å². The maximum atomic E-state index is 5.08. The lowest BCUT2D eigenvalue weighted by Crippen LogP contribution is -2.26. The van der Waals surface area contributed by atoms with Gasteiger partial charge in [0.2, 0.25) is 0 Å². The number of rotatable bonds is 4. The van der Waals surface area contributed by atoms with Crippen LogP contribution in [0.5, 0.6) is 0 Å². The lowest BCUT2D eigenvalue weighted by Gasteiger charge is -2.18. The Kier molecular flexibility index (Phi) is 4.69. The third-order valence-electron chi connectivity index (χ3n) is 2.93. The smallest absolute Gasteiger partial charge is 0.0587 e. The van der Waals surface area contributed by atoms with Gasteiger partial charge in [-0.15, -0.1) is 0 Å². The first-order valence-corrected chi connectivity index (χ1v) is 6.95.